The molecule has 2 aliphatic heterocycles. The van der Waals surface area contributed by atoms with Gasteiger partial charge in [-0.3, -0.25) is 9.79 Å². The van der Waals surface area contributed by atoms with Gasteiger partial charge in [-0.15, -0.1) is 0 Å². The first-order valence-electron chi connectivity index (χ1n) is 28.6. The zero-order chi connectivity index (χ0) is 57.9. The first-order valence-corrected chi connectivity index (χ1v) is 29.7. The molecular weight excluding hydrogens is 1170 g/mol. The van der Waals surface area contributed by atoms with Crippen molar-refractivity contribution >= 4 is 66.2 Å². The van der Waals surface area contributed by atoms with E-state index >= 15 is 0 Å². The largest absolute Gasteiger partial charge is 1.00 e. The number of hydrogen-bond donors (Lipinski definition) is 0. The van der Waals surface area contributed by atoms with E-state index in [1.54, 1.807) is 0 Å². The number of carbonyl (C=O) groups is 1. The number of halogens is 2. The average molecular weight is 1270 g/mol. The van der Waals surface area contributed by atoms with Gasteiger partial charge in [-0.05, 0) is 80.8 Å². The summed E-state index contributed by atoms with van der Waals surface area (Å²) in [5, 5.41) is 6.32. The molecule has 0 fully saturated rings. The molecule has 0 aromatic heterocycles. The van der Waals surface area contributed by atoms with Crippen LogP contribution in [-0.4, -0.2) is 198 Å². The van der Waals surface area contributed by atoms with Crippen LogP contribution in [0.15, 0.2) is 77.8 Å². The highest BCUT2D eigenvalue weighted by molar-refractivity contribution is 9.09. The minimum absolute atomic E-state index is 0. The lowest BCUT2D eigenvalue weighted by molar-refractivity contribution is -0.443. The van der Waals surface area contributed by atoms with Crippen LogP contribution < -0.4 is 17.0 Å². The summed E-state index contributed by atoms with van der Waals surface area (Å²) in [7, 11) is 0. The fraction of sp³-hybridized carbons (Fsp3) is 0.635. The molecule has 0 saturated heterocycles. The monoisotopic (exact) mass is 1260 g/mol. The summed E-state index contributed by atoms with van der Waals surface area (Å²) in [4.78, 5) is 16.3. The van der Waals surface area contributed by atoms with E-state index < -0.39 is 5.60 Å². The van der Waals surface area contributed by atoms with Gasteiger partial charge in [-0.2, -0.15) is 4.58 Å². The maximum atomic E-state index is 11.6. The highest BCUT2D eigenvalue weighted by Gasteiger charge is 2.44. The summed E-state index contributed by atoms with van der Waals surface area (Å²) in [6.45, 7) is 33.7. The molecule has 0 aliphatic carbocycles. The minimum atomic E-state index is -0.477. The Morgan fingerprint density at radius 2 is 0.815 bits per heavy atom. The van der Waals surface area contributed by atoms with E-state index in [0.29, 0.717) is 159 Å². The Morgan fingerprint density at radius 3 is 1.20 bits per heavy atom. The van der Waals surface area contributed by atoms with Crippen LogP contribution in [0.3, 0.4) is 0 Å². The molecule has 456 valence electrons. The molecule has 6 rings (SSSR count). The second kappa shape index (κ2) is 40.9. The molecule has 0 radical (unpaired) electrons. The summed E-state index contributed by atoms with van der Waals surface area (Å²) in [5.74, 6) is -0.266. The second-order valence-corrected chi connectivity index (χ2v) is 22.1. The third kappa shape index (κ3) is 26.7. The van der Waals surface area contributed by atoms with Gasteiger partial charge >= 0.3 is 5.97 Å². The molecule has 2 aliphatic rings. The van der Waals surface area contributed by atoms with Crippen molar-refractivity contribution in [2.45, 2.75) is 92.1 Å². The normalized spacial score (nSPS) is 14.0. The van der Waals surface area contributed by atoms with Crippen LogP contribution in [0.4, 0.5) is 11.4 Å². The highest BCUT2D eigenvalue weighted by Crippen LogP contribution is 2.45. The zero-order valence-electron chi connectivity index (χ0n) is 50.4. The molecule has 16 nitrogen and oxygen atoms in total. The molecule has 0 atom stereocenters. The number of fused-ring (bicyclic) bond motifs is 6. The molecule has 2 heterocycles. The highest BCUT2D eigenvalue weighted by atomic mass is 79.9. The molecule has 81 heavy (non-hydrogen) atoms. The lowest BCUT2D eigenvalue weighted by Gasteiger charge is -2.21. The van der Waals surface area contributed by atoms with Crippen LogP contribution in [0.1, 0.15) is 86.8 Å². The number of aliphatic imine (C=N–C) groups is 1. The van der Waals surface area contributed by atoms with Gasteiger partial charge in [0.25, 0.3) is 0 Å². The standard InChI is InChI=1S/C46H76NO14.C15H15N.C2H5Br.BrH/c1-39-46(5,6)44-41-10-8-7-9-40(41)11-12-42(44)47(39)14-16-50-18-20-52-22-24-54-26-28-56-30-32-58-34-36-60-38-37-59-35-33-57-31-29-55-27-25-53-23-21-51-19-17-49-15-13-43(48)61-45(2,3)4;1-10-15(2,3)14-12-7-5-4-6-11(12)8-9-13(14)16-10;1-2-3;/h7-12H,13-38H2,1-6H3;4-9H,1-3H3;2H2,1H3;1H/q+1;;;/p-1. The van der Waals surface area contributed by atoms with Crippen LogP contribution in [0.5, 0.6) is 0 Å². The quantitative estimate of drug-likeness (QED) is 0.0185. The summed E-state index contributed by atoms with van der Waals surface area (Å²) in [6, 6.07) is 25.9. The van der Waals surface area contributed by atoms with Crippen molar-refractivity contribution in [1.82, 2.24) is 0 Å². The Kier molecular flexibility index (Phi) is 36.3. The third-order valence-electron chi connectivity index (χ3n) is 13.3. The Labute approximate surface area is 503 Å². The van der Waals surface area contributed by atoms with Gasteiger partial charge in [-0.25, -0.2) is 0 Å². The number of rotatable bonds is 39. The van der Waals surface area contributed by atoms with Gasteiger partial charge in [-0.1, -0.05) is 91.3 Å². The van der Waals surface area contributed by atoms with Crippen molar-refractivity contribution < 1.29 is 87.9 Å². The van der Waals surface area contributed by atoms with Gasteiger partial charge in [0.15, 0.2) is 12.3 Å². The average Bonchev–Trinajstić information content (AvgIpc) is 3.92. The zero-order valence-corrected chi connectivity index (χ0v) is 53.6. The number of esters is 1. The van der Waals surface area contributed by atoms with E-state index in [1.165, 1.54) is 49.8 Å². The van der Waals surface area contributed by atoms with Crippen molar-refractivity contribution in [2.24, 2.45) is 4.99 Å². The van der Waals surface area contributed by atoms with Crippen molar-refractivity contribution in [2.75, 3.05) is 170 Å². The second-order valence-electron chi connectivity index (χ2n) is 21.0. The van der Waals surface area contributed by atoms with Crippen molar-refractivity contribution in [1.29, 1.82) is 0 Å². The summed E-state index contributed by atoms with van der Waals surface area (Å²) >= 11 is 3.15. The van der Waals surface area contributed by atoms with Crippen LogP contribution in [0.2, 0.25) is 0 Å². The van der Waals surface area contributed by atoms with Crippen LogP contribution >= 0.6 is 15.9 Å². The van der Waals surface area contributed by atoms with Crippen LogP contribution in [0.25, 0.3) is 21.5 Å². The van der Waals surface area contributed by atoms with E-state index in [-0.39, 0.29) is 40.2 Å². The molecular formula is C63H96Br2N2O14. The molecule has 0 saturated carbocycles. The Bertz CT molecular complexity index is 2430. The van der Waals surface area contributed by atoms with Gasteiger partial charge in [0, 0.05) is 35.0 Å². The molecule has 18 heteroatoms. The predicted octanol–water partition coefficient (Wildman–Crippen LogP) is 7.80. The Balaban J connectivity index is 0.000000716. The van der Waals surface area contributed by atoms with E-state index in [4.69, 9.17) is 61.6 Å². The van der Waals surface area contributed by atoms with E-state index in [2.05, 4.69) is 140 Å². The van der Waals surface area contributed by atoms with Gasteiger partial charge in [0.05, 0.1) is 169 Å². The van der Waals surface area contributed by atoms with Crippen molar-refractivity contribution in [3.8, 4) is 0 Å². The SMILES string of the molecule is CC1=Nc2ccc3ccccc3c2C1(C)C.CC1=[N+](CCOCCOCCOCCOCCOCCOCCOCCOCCOCCOCCOCCOCCC(=O)OC(C)(C)C)c2ccc3ccccc3c2C1(C)C.CCBr.[Br-]. The summed E-state index contributed by atoms with van der Waals surface area (Å²) in [5.41, 5.74) is 7.33. The number of benzene rings is 4. The van der Waals surface area contributed by atoms with E-state index in [1.807, 2.05) is 27.7 Å². The Morgan fingerprint density at radius 1 is 0.481 bits per heavy atom. The lowest BCUT2D eigenvalue weighted by atomic mass is 9.80. The molecule has 4 aromatic rings. The summed E-state index contributed by atoms with van der Waals surface area (Å²) in [6.07, 6.45) is 0.230. The molecule has 0 spiro atoms. The van der Waals surface area contributed by atoms with Crippen molar-refractivity contribution in [3.05, 3.63) is 83.9 Å². The lowest BCUT2D eigenvalue weighted by Crippen LogP contribution is -3.00. The minimum Gasteiger partial charge on any atom is -1.00 e. The summed E-state index contributed by atoms with van der Waals surface area (Å²) < 4.78 is 74.2. The van der Waals surface area contributed by atoms with Crippen LogP contribution in [-0.2, 0) is 77.2 Å². The van der Waals surface area contributed by atoms with Crippen molar-refractivity contribution in [3.63, 3.8) is 0 Å². The first-order chi connectivity index (χ1) is 38.6. The number of hydrogen-bond acceptors (Lipinski definition) is 15. The molecule has 0 unspecified atom stereocenters. The van der Waals surface area contributed by atoms with E-state index in [0.717, 1.165) is 17.6 Å². The fourth-order valence-electron chi connectivity index (χ4n) is 8.87. The maximum Gasteiger partial charge on any atom is 0.308 e. The third-order valence-corrected chi connectivity index (χ3v) is 13.3. The molecule has 4 aromatic carbocycles. The number of ether oxygens (including phenoxy) is 13. The molecule has 0 amide bonds. The topological polar surface area (TPSA) is 152 Å². The maximum absolute atomic E-state index is 11.6. The Hall–Kier alpha value is -3.31. The predicted molar refractivity (Wildman–Crippen MR) is 322 cm³/mol. The van der Waals surface area contributed by atoms with Gasteiger partial charge in [0.1, 0.15) is 12.2 Å². The van der Waals surface area contributed by atoms with Gasteiger partial charge < -0.3 is 78.6 Å². The van der Waals surface area contributed by atoms with Crippen LogP contribution in [0, 0.1) is 0 Å². The number of nitrogens with zero attached hydrogens (tertiary/aromatic N) is 2. The molecule has 0 bridgehead atoms. The fourth-order valence-corrected chi connectivity index (χ4v) is 8.87. The molecule has 0 N–H and O–H groups in total. The van der Waals surface area contributed by atoms with E-state index in [9.17, 15) is 4.79 Å². The first kappa shape index (κ1) is 72.0. The van der Waals surface area contributed by atoms with Gasteiger partial charge in [0.2, 0.25) is 5.69 Å². The smallest absolute Gasteiger partial charge is 0.308 e. The number of alkyl halides is 1. The number of carbonyl (C=O) groups excluding carboxylic acids is 1.